The summed E-state index contributed by atoms with van der Waals surface area (Å²) in [6.07, 6.45) is 1.73. The van der Waals surface area contributed by atoms with Crippen LogP contribution in [-0.4, -0.2) is 36.1 Å². The Kier molecular flexibility index (Phi) is 5.55. The number of carbonyl (C=O) groups excluding carboxylic acids is 1. The van der Waals surface area contributed by atoms with Gasteiger partial charge in [0, 0.05) is 6.20 Å². The lowest BCUT2D eigenvalue weighted by atomic mass is 10.0. The number of thiazole rings is 1. The molecule has 0 spiro atoms. The van der Waals surface area contributed by atoms with Crippen LogP contribution in [0.1, 0.15) is 40.8 Å². The molecule has 0 saturated heterocycles. The number of rotatable bonds is 5. The van der Waals surface area contributed by atoms with Crippen LogP contribution in [-0.2, 0) is 0 Å². The summed E-state index contributed by atoms with van der Waals surface area (Å²) < 4.78 is 16.3. The number of hydrogen-bond acceptors (Lipinski definition) is 7. The van der Waals surface area contributed by atoms with Gasteiger partial charge in [0.25, 0.3) is 5.91 Å². The van der Waals surface area contributed by atoms with Gasteiger partial charge in [-0.1, -0.05) is 6.07 Å². The molecule has 0 saturated carbocycles. The van der Waals surface area contributed by atoms with E-state index in [2.05, 4.69) is 30.8 Å². The molecule has 0 atom stereocenters. The van der Waals surface area contributed by atoms with Gasteiger partial charge in [0.15, 0.2) is 0 Å². The summed E-state index contributed by atoms with van der Waals surface area (Å²) in [6.45, 7) is 7.61. The van der Waals surface area contributed by atoms with E-state index in [1.807, 2.05) is 20.8 Å². The van der Waals surface area contributed by atoms with Gasteiger partial charge in [0.2, 0.25) is 5.82 Å². The molecule has 0 unspecified atom stereocenters. The van der Waals surface area contributed by atoms with Gasteiger partial charge in [-0.25, -0.2) is 19.0 Å². The summed E-state index contributed by atoms with van der Waals surface area (Å²) in [5, 5.41) is 15.3. The van der Waals surface area contributed by atoms with E-state index in [4.69, 9.17) is 0 Å². The zero-order valence-corrected chi connectivity index (χ0v) is 18.2. The maximum Gasteiger partial charge on any atom is 0.259 e. The van der Waals surface area contributed by atoms with E-state index in [0.717, 1.165) is 21.0 Å². The van der Waals surface area contributed by atoms with Crippen molar-refractivity contribution in [1.29, 1.82) is 0 Å². The van der Waals surface area contributed by atoms with Gasteiger partial charge in [-0.15, -0.1) is 16.4 Å². The molecule has 0 bridgehead atoms. The SMILES string of the molecule is Cc1ncc(-c2cc(C(=O)Nc3cccc(-c4nnnn4C(C)C)n3)c(F)cc2C)s1. The number of pyridine rings is 1. The van der Waals surface area contributed by atoms with Gasteiger partial charge < -0.3 is 5.32 Å². The standard InChI is InChI=1S/C21H20FN7OS/c1-11(2)29-20(26-27-28-29)17-6-5-7-19(24-17)25-21(30)15-9-14(12(3)8-16(15)22)18-10-23-13(4)31-18/h5-11H,1-4H3,(H,24,25,30). The highest BCUT2D eigenvalue weighted by Gasteiger charge is 2.18. The fraction of sp³-hybridized carbons (Fsp3) is 0.238. The molecule has 8 nitrogen and oxygen atoms in total. The summed E-state index contributed by atoms with van der Waals surface area (Å²) in [4.78, 5) is 22.4. The fourth-order valence-corrected chi connectivity index (χ4v) is 3.98. The second-order valence-corrected chi connectivity index (χ2v) is 8.53. The lowest BCUT2D eigenvalue weighted by Gasteiger charge is -2.11. The van der Waals surface area contributed by atoms with E-state index in [-0.39, 0.29) is 17.4 Å². The third-order valence-corrected chi connectivity index (χ3v) is 5.59. The zero-order chi connectivity index (χ0) is 22.1. The molecule has 1 aromatic carbocycles. The molecular formula is C21H20FN7OS. The minimum absolute atomic E-state index is 0.0421. The molecular weight excluding hydrogens is 417 g/mol. The zero-order valence-electron chi connectivity index (χ0n) is 17.4. The van der Waals surface area contributed by atoms with Crippen molar-refractivity contribution in [1.82, 2.24) is 30.2 Å². The number of benzene rings is 1. The van der Waals surface area contributed by atoms with Crippen LogP contribution in [0.15, 0.2) is 36.5 Å². The lowest BCUT2D eigenvalue weighted by molar-refractivity contribution is 0.102. The summed E-state index contributed by atoms with van der Waals surface area (Å²) in [6, 6.07) is 8.06. The van der Waals surface area contributed by atoms with E-state index in [0.29, 0.717) is 11.5 Å². The molecule has 1 N–H and O–H groups in total. The lowest BCUT2D eigenvalue weighted by Crippen LogP contribution is -2.15. The average Bonchev–Trinajstić information content (AvgIpc) is 3.37. The second kappa shape index (κ2) is 8.31. The summed E-state index contributed by atoms with van der Waals surface area (Å²) in [5.74, 6) is -0.431. The quantitative estimate of drug-likeness (QED) is 0.495. The highest BCUT2D eigenvalue weighted by Crippen LogP contribution is 2.31. The molecule has 4 aromatic rings. The Hall–Kier alpha value is -3.53. The third kappa shape index (κ3) is 4.19. The molecule has 3 heterocycles. The molecule has 1 amide bonds. The number of nitrogens with one attached hydrogen (secondary N) is 1. The maximum atomic E-state index is 14.6. The van der Waals surface area contributed by atoms with Gasteiger partial charge in [-0.05, 0) is 73.5 Å². The Morgan fingerprint density at radius 1 is 1.23 bits per heavy atom. The Balaban J connectivity index is 1.64. The molecule has 0 radical (unpaired) electrons. The largest absolute Gasteiger partial charge is 0.306 e. The highest BCUT2D eigenvalue weighted by molar-refractivity contribution is 7.15. The topological polar surface area (TPSA) is 98.5 Å². The first-order valence-corrected chi connectivity index (χ1v) is 10.4. The molecule has 31 heavy (non-hydrogen) atoms. The number of tetrazole rings is 1. The van der Waals surface area contributed by atoms with Crippen LogP contribution in [0.5, 0.6) is 0 Å². The van der Waals surface area contributed by atoms with Crippen molar-refractivity contribution in [3.05, 3.63) is 58.5 Å². The molecule has 3 aromatic heterocycles. The predicted molar refractivity (Wildman–Crippen MR) is 116 cm³/mol. The number of hydrogen-bond donors (Lipinski definition) is 1. The minimum Gasteiger partial charge on any atom is -0.306 e. The van der Waals surface area contributed by atoms with Crippen LogP contribution >= 0.6 is 11.3 Å². The van der Waals surface area contributed by atoms with E-state index >= 15 is 0 Å². The average molecular weight is 438 g/mol. The van der Waals surface area contributed by atoms with E-state index in [1.54, 1.807) is 42.1 Å². The highest BCUT2D eigenvalue weighted by atomic mass is 32.1. The Labute approximate surface area is 182 Å². The van der Waals surface area contributed by atoms with Crippen molar-refractivity contribution in [2.24, 2.45) is 0 Å². The van der Waals surface area contributed by atoms with Crippen molar-refractivity contribution in [3.8, 4) is 22.0 Å². The molecule has 4 rings (SSSR count). The second-order valence-electron chi connectivity index (χ2n) is 7.29. The number of halogens is 1. The van der Waals surface area contributed by atoms with Gasteiger partial charge in [0.1, 0.15) is 17.3 Å². The Morgan fingerprint density at radius 2 is 2.03 bits per heavy atom. The molecule has 0 aliphatic heterocycles. The fourth-order valence-electron chi connectivity index (χ4n) is 3.12. The number of aryl methyl sites for hydroxylation is 2. The smallest absolute Gasteiger partial charge is 0.259 e. The van der Waals surface area contributed by atoms with Crippen molar-refractivity contribution >= 4 is 23.1 Å². The molecule has 0 aliphatic carbocycles. The minimum atomic E-state index is -0.597. The van der Waals surface area contributed by atoms with Gasteiger partial charge in [-0.3, -0.25) is 4.79 Å². The number of amides is 1. The van der Waals surface area contributed by atoms with Crippen molar-refractivity contribution in [2.75, 3.05) is 5.32 Å². The predicted octanol–water partition coefficient (Wildman–Crippen LogP) is 4.45. The Bertz CT molecular complexity index is 1260. The summed E-state index contributed by atoms with van der Waals surface area (Å²) >= 11 is 1.49. The monoisotopic (exact) mass is 437 g/mol. The first-order valence-electron chi connectivity index (χ1n) is 9.63. The van der Waals surface area contributed by atoms with Crippen molar-refractivity contribution in [3.63, 3.8) is 0 Å². The van der Waals surface area contributed by atoms with Crippen LogP contribution < -0.4 is 5.32 Å². The molecule has 10 heteroatoms. The molecule has 158 valence electrons. The van der Waals surface area contributed by atoms with Crippen molar-refractivity contribution in [2.45, 2.75) is 33.7 Å². The Morgan fingerprint density at radius 3 is 2.74 bits per heavy atom. The van der Waals surface area contributed by atoms with Crippen LogP contribution in [0.25, 0.3) is 22.0 Å². The van der Waals surface area contributed by atoms with Crippen LogP contribution in [0, 0.1) is 19.7 Å². The van der Waals surface area contributed by atoms with Gasteiger partial charge in [0.05, 0.1) is 21.5 Å². The van der Waals surface area contributed by atoms with Crippen LogP contribution in [0.2, 0.25) is 0 Å². The number of nitrogens with zero attached hydrogens (tertiary/aromatic N) is 6. The van der Waals surface area contributed by atoms with Crippen LogP contribution in [0.4, 0.5) is 10.2 Å². The maximum absolute atomic E-state index is 14.6. The number of carbonyl (C=O) groups is 1. The first kappa shape index (κ1) is 20.7. The van der Waals surface area contributed by atoms with Gasteiger partial charge in [-0.2, -0.15) is 0 Å². The molecule has 0 fully saturated rings. The van der Waals surface area contributed by atoms with E-state index in [9.17, 15) is 9.18 Å². The first-order chi connectivity index (χ1) is 14.8. The van der Waals surface area contributed by atoms with Crippen molar-refractivity contribution < 1.29 is 9.18 Å². The van der Waals surface area contributed by atoms with E-state index in [1.165, 1.54) is 17.4 Å². The van der Waals surface area contributed by atoms with Crippen LogP contribution in [0.3, 0.4) is 0 Å². The third-order valence-electron chi connectivity index (χ3n) is 4.65. The number of aromatic nitrogens is 6. The summed E-state index contributed by atoms with van der Waals surface area (Å²) in [5.41, 5.74) is 1.95. The van der Waals surface area contributed by atoms with E-state index < -0.39 is 11.7 Å². The number of anilines is 1. The molecule has 0 aliphatic rings. The van der Waals surface area contributed by atoms with Gasteiger partial charge >= 0.3 is 0 Å². The normalized spacial score (nSPS) is 11.2. The summed E-state index contributed by atoms with van der Waals surface area (Å²) in [7, 11) is 0.